The van der Waals surface area contributed by atoms with Crippen LogP contribution in [0.2, 0.25) is 0 Å². The van der Waals surface area contributed by atoms with Crippen molar-refractivity contribution in [3.63, 3.8) is 0 Å². The molecule has 0 saturated heterocycles. The molecule has 2 rings (SSSR count). The molecule has 0 aromatic carbocycles. The molecular weight excluding hydrogens is 316 g/mol. The number of anilines is 1. The Morgan fingerprint density at radius 3 is 2.19 bits per heavy atom. The zero-order valence-corrected chi connectivity index (χ0v) is 10.6. The Kier molecular flexibility index (Phi) is 3.93. The normalized spacial score (nSPS) is 10.7. The molecule has 0 aliphatic rings. The van der Waals surface area contributed by atoms with Gasteiger partial charge in [0.2, 0.25) is 0 Å². The lowest BCUT2D eigenvalue weighted by molar-refractivity contribution is 0.0697. The summed E-state index contributed by atoms with van der Waals surface area (Å²) in [6, 6.07) is 0. The van der Waals surface area contributed by atoms with Gasteiger partial charge in [-0.3, -0.25) is 0 Å². The van der Waals surface area contributed by atoms with Crippen molar-refractivity contribution in [1.29, 1.82) is 0 Å². The summed E-state index contributed by atoms with van der Waals surface area (Å²) in [4.78, 5) is 19.0. The summed E-state index contributed by atoms with van der Waals surface area (Å²) >= 11 is 0.139. The number of nitrogens with zero attached hydrogens (tertiary/aromatic N) is 3. The van der Waals surface area contributed by atoms with Crippen LogP contribution >= 0.6 is 11.8 Å². The molecule has 110 valence electrons. The second-order valence-corrected chi connectivity index (χ2v) is 4.49. The van der Waals surface area contributed by atoms with Gasteiger partial charge in [0.1, 0.15) is 11.4 Å². The molecule has 6 nitrogen and oxygen atoms in total. The van der Waals surface area contributed by atoms with E-state index in [0.717, 1.165) is 6.20 Å². The molecule has 0 amide bonds. The molecule has 21 heavy (non-hydrogen) atoms. The standard InChI is InChI=1S/C10H4F4N4O2S/c11-3-5(4(12)7(14)17-6(3)13)21-10-16-1-2(9(19)20)8(15)18-10/h1H,(H,19,20)(H2,15,16,18). The highest BCUT2D eigenvalue weighted by Gasteiger charge is 2.23. The third-order valence-corrected chi connectivity index (χ3v) is 3.12. The second kappa shape index (κ2) is 5.52. The van der Waals surface area contributed by atoms with Crippen molar-refractivity contribution >= 4 is 23.5 Å². The minimum absolute atomic E-state index is 0.139. The molecule has 2 aromatic heterocycles. The monoisotopic (exact) mass is 320 g/mol. The summed E-state index contributed by atoms with van der Waals surface area (Å²) in [7, 11) is 0. The van der Waals surface area contributed by atoms with E-state index in [-0.39, 0.29) is 16.9 Å². The van der Waals surface area contributed by atoms with Gasteiger partial charge in [-0.05, 0) is 11.8 Å². The van der Waals surface area contributed by atoms with E-state index in [1.54, 1.807) is 0 Å². The molecular formula is C10H4F4N4O2S. The summed E-state index contributed by atoms with van der Waals surface area (Å²) in [6.07, 6.45) is 0.802. The second-order valence-electron chi connectivity index (χ2n) is 3.51. The number of rotatable bonds is 3. The van der Waals surface area contributed by atoms with E-state index in [1.807, 2.05) is 0 Å². The fraction of sp³-hybridized carbons (Fsp3) is 0. The number of carboxylic acid groups (broad SMARTS) is 1. The first-order chi connectivity index (χ1) is 9.81. The van der Waals surface area contributed by atoms with Gasteiger partial charge in [0, 0.05) is 6.20 Å². The predicted octanol–water partition coefficient (Wildman–Crippen LogP) is 1.86. The largest absolute Gasteiger partial charge is 0.477 e. The fourth-order valence-electron chi connectivity index (χ4n) is 1.24. The fourth-order valence-corrected chi connectivity index (χ4v) is 2.02. The molecule has 0 spiro atoms. The van der Waals surface area contributed by atoms with E-state index in [1.165, 1.54) is 0 Å². The zero-order valence-electron chi connectivity index (χ0n) is 9.77. The van der Waals surface area contributed by atoms with Gasteiger partial charge >= 0.3 is 5.97 Å². The van der Waals surface area contributed by atoms with Gasteiger partial charge in [0.25, 0.3) is 11.9 Å². The summed E-state index contributed by atoms with van der Waals surface area (Å²) < 4.78 is 52.6. The lowest BCUT2D eigenvalue weighted by Crippen LogP contribution is -2.07. The maximum Gasteiger partial charge on any atom is 0.341 e. The van der Waals surface area contributed by atoms with Crippen molar-refractivity contribution in [2.45, 2.75) is 10.1 Å². The first-order valence-electron chi connectivity index (χ1n) is 5.05. The van der Waals surface area contributed by atoms with Crippen LogP contribution in [-0.4, -0.2) is 26.0 Å². The van der Waals surface area contributed by atoms with Gasteiger partial charge in [-0.15, -0.1) is 0 Å². The summed E-state index contributed by atoms with van der Waals surface area (Å²) in [5.41, 5.74) is 4.89. The molecule has 0 bridgehead atoms. The van der Waals surface area contributed by atoms with Crippen LogP contribution in [0.3, 0.4) is 0 Å². The van der Waals surface area contributed by atoms with Gasteiger partial charge in [0.05, 0.1) is 4.90 Å². The van der Waals surface area contributed by atoms with Gasteiger partial charge < -0.3 is 10.8 Å². The minimum Gasteiger partial charge on any atom is -0.477 e. The molecule has 3 N–H and O–H groups in total. The van der Waals surface area contributed by atoms with Crippen LogP contribution in [0.15, 0.2) is 16.2 Å². The average molecular weight is 320 g/mol. The Morgan fingerprint density at radius 2 is 1.71 bits per heavy atom. The Balaban J connectivity index is 2.44. The number of hydrogen-bond donors (Lipinski definition) is 2. The number of pyridine rings is 1. The highest BCUT2D eigenvalue weighted by Crippen LogP contribution is 2.31. The van der Waals surface area contributed by atoms with E-state index < -0.39 is 45.8 Å². The van der Waals surface area contributed by atoms with Crippen LogP contribution in [0.4, 0.5) is 23.4 Å². The molecule has 2 heterocycles. The molecule has 2 aromatic rings. The number of nitrogens with two attached hydrogens (primary N) is 1. The van der Waals surface area contributed by atoms with E-state index >= 15 is 0 Å². The van der Waals surface area contributed by atoms with Gasteiger partial charge in [-0.1, -0.05) is 0 Å². The van der Waals surface area contributed by atoms with Crippen LogP contribution in [0.1, 0.15) is 10.4 Å². The van der Waals surface area contributed by atoms with Crippen molar-refractivity contribution in [2.24, 2.45) is 0 Å². The highest BCUT2D eigenvalue weighted by molar-refractivity contribution is 7.99. The molecule has 11 heteroatoms. The molecule has 0 aliphatic heterocycles. The first kappa shape index (κ1) is 15.0. The number of hydrogen-bond acceptors (Lipinski definition) is 6. The molecule has 0 radical (unpaired) electrons. The minimum atomic E-state index is -1.83. The lowest BCUT2D eigenvalue weighted by Gasteiger charge is -2.06. The third kappa shape index (κ3) is 2.86. The molecule has 0 saturated carbocycles. The van der Waals surface area contributed by atoms with Crippen LogP contribution in [0.25, 0.3) is 0 Å². The van der Waals surface area contributed by atoms with Crippen molar-refractivity contribution in [1.82, 2.24) is 15.0 Å². The van der Waals surface area contributed by atoms with Gasteiger partial charge in [0.15, 0.2) is 16.8 Å². The molecule has 0 fully saturated rings. The van der Waals surface area contributed by atoms with Crippen LogP contribution in [-0.2, 0) is 0 Å². The SMILES string of the molecule is Nc1nc(Sc2c(F)c(F)nc(F)c2F)ncc1C(=O)O. The Morgan fingerprint density at radius 1 is 1.14 bits per heavy atom. The quantitative estimate of drug-likeness (QED) is 0.505. The van der Waals surface area contributed by atoms with Crippen LogP contribution in [0.5, 0.6) is 0 Å². The number of carbonyl (C=O) groups is 1. The molecule has 0 aliphatic carbocycles. The maximum atomic E-state index is 13.4. The smallest absolute Gasteiger partial charge is 0.341 e. The van der Waals surface area contributed by atoms with Crippen molar-refractivity contribution < 1.29 is 27.5 Å². The van der Waals surface area contributed by atoms with Crippen LogP contribution < -0.4 is 5.73 Å². The maximum absolute atomic E-state index is 13.4. The van der Waals surface area contributed by atoms with Crippen LogP contribution in [0, 0.1) is 23.5 Å². The molecule has 0 unspecified atom stereocenters. The van der Waals surface area contributed by atoms with E-state index in [9.17, 15) is 22.4 Å². The average Bonchev–Trinajstić information content (AvgIpc) is 2.41. The van der Waals surface area contributed by atoms with Crippen molar-refractivity contribution in [3.8, 4) is 0 Å². The predicted molar refractivity (Wildman–Crippen MR) is 61.6 cm³/mol. The molecule has 0 atom stereocenters. The Hall–Kier alpha value is -2.43. The van der Waals surface area contributed by atoms with Gasteiger partial charge in [-0.2, -0.15) is 13.8 Å². The van der Waals surface area contributed by atoms with Crippen molar-refractivity contribution in [2.75, 3.05) is 5.73 Å². The Labute approximate surface area is 118 Å². The van der Waals surface area contributed by atoms with Gasteiger partial charge in [-0.25, -0.2) is 23.5 Å². The summed E-state index contributed by atoms with van der Waals surface area (Å²) in [5.74, 6) is -8.96. The number of carboxylic acids is 1. The van der Waals surface area contributed by atoms with E-state index in [0.29, 0.717) is 0 Å². The third-order valence-electron chi connectivity index (χ3n) is 2.18. The highest BCUT2D eigenvalue weighted by atomic mass is 32.2. The lowest BCUT2D eigenvalue weighted by atomic mass is 10.3. The Bertz CT molecular complexity index is 717. The summed E-state index contributed by atoms with van der Waals surface area (Å²) in [5, 5.41) is 8.32. The number of aromatic carboxylic acids is 1. The van der Waals surface area contributed by atoms with Crippen molar-refractivity contribution in [3.05, 3.63) is 35.3 Å². The zero-order chi connectivity index (χ0) is 15.7. The first-order valence-corrected chi connectivity index (χ1v) is 5.86. The topological polar surface area (TPSA) is 102 Å². The van der Waals surface area contributed by atoms with E-state index in [2.05, 4.69) is 15.0 Å². The number of halogens is 4. The summed E-state index contributed by atoms with van der Waals surface area (Å²) in [6.45, 7) is 0. The van der Waals surface area contributed by atoms with E-state index in [4.69, 9.17) is 10.8 Å². The number of nitrogen functional groups attached to an aromatic ring is 1. The number of aromatic nitrogens is 3.